The van der Waals surface area contributed by atoms with E-state index in [1.54, 1.807) is 13.3 Å². The van der Waals surface area contributed by atoms with Crippen LogP contribution in [-0.4, -0.2) is 30.5 Å². The molecule has 0 bridgehead atoms. The third-order valence-corrected chi connectivity index (χ3v) is 4.26. The first kappa shape index (κ1) is 17.9. The Hall–Kier alpha value is -2.92. The van der Waals surface area contributed by atoms with Gasteiger partial charge in [-0.05, 0) is 55.4 Å². The standard InChI is InChI=1S/C21H23N3O2/c1-22-12-3-13-24-21(25)20-11-8-17(14-18(20)15-23-24)5-4-16-6-9-19(26-2)10-7-16/h4-11,14-15,22H,3,12-13H2,1-2H3/b5-4+. The number of nitrogens with zero attached hydrogens (tertiary/aromatic N) is 2. The van der Waals surface area contributed by atoms with E-state index in [1.807, 2.05) is 61.7 Å². The minimum Gasteiger partial charge on any atom is -0.497 e. The Labute approximate surface area is 152 Å². The van der Waals surface area contributed by atoms with Gasteiger partial charge in [0.2, 0.25) is 0 Å². The van der Waals surface area contributed by atoms with Gasteiger partial charge >= 0.3 is 0 Å². The van der Waals surface area contributed by atoms with Gasteiger partial charge in [-0.2, -0.15) is 5.10 Å². The zero-order valence-electron chi connectivity index (χ0n) is 15.1. The average molecular weight is 349 g/mol. The summed E-state index contributed by atoms with van der Waals surface area (Å²) in [5.74, 6) is 0.838. The van der Waals surface area contributed by atoms with Crippen molar-refractivity contribution in [3.05, 3.63) is 70.1 Å². The van der Waals surface area contributed by atoms with E-state index in [2.05, 4.69) is 10.4 Å². The van der Waals surface area contributed by atoms with Crippen molar-refractivity contribution in [2.45, 2.75) is 13.0 Å². The van der Waals surface area contributed by atoms with Crippen molar-refractivity contribution in [3.63, 3.8) is 0 Å². The molecule has 0 aliphatic carbocycles. The minimum absolute atomic E-state index is 0.0377. The molecule has 0 unspecified atom stereocenters. The van der Waals surface area contributed by atoms with E-state index < -0.39 is 0 Å². The Bertz CT molecular complexity index is 959. The summed E-state index contributed by atoms with van der Waals surface area (Å²) < 4.78 is 6.70. The molecule has 1 heterocycles. The lowest BCUT2D eigenvalue weighted by molar-refractivity contribution is 0.415. The summed E-state index contributed by atoms with van der Waals surface area (Å²) in [6, 6.07) is 13.7. The topological polar surface area (TPSA) is 56.1 Å². The SMILES string of the molecule is CNCCCn1ncc2cc(/C=C/c3ccc(OC)cc3)ccc2c1=O. The predicted molar refractivity (Wildman–Crippen MR) is 106 cm³/mol. The molecule has 0 spiro atoms. The molecule has 26 heavy (non-hydrogen) atoms. The van der Waals surface area contributed by atoms with Gasteiger partial charge in [-0.3, -0.25) is 4.79 Å². The predicted octanol–water partition coefficient (Wildman–Crippen LogP) is 3.19. The lowest BCUT2D eigenvalue weighted by atomic mass is 10.1. The van der Waals surface area contributed by atoms with Crippen molar-refractivity contribution in [3.8, 4) is 5.75 Å². The zero-order chi connectivity index (χ0) is 18.4. The number of benzene rings is 2. The highest BCUT2D eigenvalue weighted by molar-refractivity contribution is 5.84. The van der Waals surface area contributed by atoms with Crippen molar-refractivity contribution in [2.75, 3.05) is 20.7 Å². The molecule has 0 atom stereocenters. The molecule has 3 aromatic rings. The third kappa shape index (κ3) is 4.18. The van der Waals surface area contributed by atoms with Crippen molar-refractivity contribution in [2.24, 2.45) is 0 Å². The number of methoxy groups -OCH3 is 1. The van der Waals surface area contributed by atoms with Crippen LogP contribution in [0.1, 0.15) is 17.5 Å². The largest absolute Gasteiger partial charge is 0.497 e. The Morgan fingerprint density at radius 3 is 2.58 bits per heavy atom. The van der Waals surface area contributed by atoms with Crippen LogP contribution in [0.15, 0.2) is 53.5 Å². The molecule has 1 aromatic heterocycles. The van der Waals surface area contributed by atoms with Crippen LogP contribution < -0.4 is 15.6 Å². The number of hydrogen-bond donors (Lipinski definition) is 1. The van der Waals surface area contributed by atoms with Gasteiger partial charge < -0.3 is 10.1 Å². The van der Waals surface area contributed by atoms with Crippen molar-refractivity contribution < 1.29 is 4.74 Å². The maximum atomic E-state index is 12.5. The second kappa shape index (κ2) is 8.45. The molecule has 0 amide bonds. The van der Waals surface area contributed by atoms with Crippen LogP contribution in [0.25, 0.3) is 22.9 Å². The van der Waals surface area contributed by atoms with Crippen LogP contribution in [0.4, 0.5) is 0 Å². The summed E-state index contributed by atoms with van der Waals surface area (Å²) in [4.78, 5) is 12.5. The van der Waals surface area contributed by atoms with Crippen LogP contribution >= 0.6 is 0 Å². The molecule has 3 rings (SSSR count). The third-order valence-electron chi connectivity index (χ3n) is 4.26. The highest BCUT2D eigenvalue weighted by Crippen LogP contribution is 2.16. The molecule has 0 aliphatic heterocycles. The quantitative estimate of drug-likeness (QED) is 0.526. The highest BCUT2D eigenvalue weighted by atomic mass is 16.5. The van der Waals surface area contributed by atoms with Gasteiger partial charge in [0, 0.05) is 11.9 Å². The molecule has 5 heteroatoms. The minimum atomic E-state index is -0.0377. The number of rotatable bonds is 7. The summed E-state index contributed by atoms with van der Waals surface area (Å²) in [5.41, 5.74) is 2.08. The molecule has 0 aliphatic rings. The van der Waals surface area contributed by atoms with Gasteiger partial charge in [-0.25, -0.2) is 4.68 Å². The van der Waals surface area contributed by atoms with Gasteiger partial charge in [0.25, 0.3) is 5.56 Å². The number of hydrogen-bond acceptors (Lipinski definition) is 4. The molecular weight excluding hydrogens is 326 g/mol. The zero-order valence-corrected chi connectivity index (χ0v) is 15.1. The summed E-state index contributed by atoms with van der Waals surface area (Å²) >= 11 is 0. The van der Waals surface area contributed by atoms with Gasteiger partial charge in [0.15, 0.2) is 0 Å². The van der Waals surface area contributed by atoms with Gasteiger partial charge in [0.1, 0.15) is 5.75 Å². The first-order valence-electron chi connectivity index (χ1n) is 8.68. The van der Waals surface area contributed by atoms with Crippen LogP contribution in [0, 0.1) is 0 Å². The second-order valence-corrected chi connectivity index (χ2v) is 6.08. The summed E-state index contributed by atoms with van der Waals surface area (Å²) in [5, 5.41) is 8.93. The van der Waals surface area contributed by atoms with Crippen molar-refractivity contribution in [1.82, 2.24) is 15.1 Å². The van der Waals surface area contributed by atoms with Crippen molar-refractivity contribution in [1.29, 1.82) is 0 Å². The van der Waals surface area contributed by atoms with E-state index in [1.165, 1.54) is 4.68 Å². The van der Waals surface area contributed by atoms with Crippen molar-refractivity contribution >= 4 is 22.9 Å². The molecule has 134 valence electrons. The second-order valence-electron chi connectivity index (χ2n) is 6.08. The number of nitrogens with one attached hydrogen (secondary N) is 1. The molecule has 0 fully saturated rings. The fourth-order valence-electron chi connectivity index (χ4n) is 2.78. The molecule has 2 aromatic carbocycles. The lowest BCUT2D eigenvalue weighted by Crippen LogP contribution is -2.24. The highest BCUT2D eigenvalue weighted by Gasteiger charge is 2.04. The maximum Gasteiger partial charge on any atom is 0.274 e. The lowest BCUT2D eigenvalue weighted by Gasteiger charge is -2.06. The number of aromatic nitrogens is 2. The molecule has 0 radical (unpaired) electrons. The molecular formula is C21H23N3O2. The molecule has 1 N–H and O–H groups in total. The molecule has 5 nitrogen and oxygen atoms in total. The Kier molecular flexibility index (Phi) is 5.81. The smallest absolute Gasteiger partial charge is 0.274 e. The summed E-state index contributed by atoms with van der Waals surface area (Å²) in [7, 11) is 3.56. The van der Waals surface area contributed by atoms with E-state index >= 15 is 0 Å². The maximum absolute atomic E-state index is 12.5. The normalized spacial score (nSPS) is 11.3. The fraction of sp³-hybridized carbons (Fsp3) is 0.238. The van der Waals surface area contributed by atoms with E-state index in [-0.39, 0.29) is 5.56 Å². The van der Waals surface area contributed by atoms with Crippen LogP contribution in [-0.2, 0) is 6.54 Å². The number of ether oxygens (including phenoxy) is 1. The Balaban J connectivity index is 1.81. The summed E-state index contributed by atoms with van der Waals surface area (Å²) in [6.45, 7) is 1.48. The Morgan fingerprint density at radius 2 is 1.85 bits per heavy atom. The first-order chi connectivity index (χ1) is 12.7. The van der Waals surface area contributed by atoms with Gasteiger partial charge in [0.05, 0.1) is 18.7 Å². The molecule has 0 saturated carbocycles. The monoisotopic (exact) mass is 349 g/mol. The Morgan fingerprint density at radius 1 is 1.12 bits per heavy atom. The van der Waals surface area contributed by atoms with Gasteiger partial charge in [-0.15, -0.1) is 0 Å². The summed E-state index contributed by atoms with van der Waals surface area (Å²) in [6.07, 6.45) is 6.70. The van der Waals surface area contributed by atoms with E-state index in [9.17, 15) is 4.79 Å². The van der Waals surface area contributed by atoms with E-state index in [0.717, 1.165) is 35.2 Å². The number of aryl methyl sites for hydroxylation is 1. The van der Waals surface area contributed by atoms with Crippen LogP contribution in [0.3, 0.4) is 0 Å². The van der Waals surface area contributed by atoms with E-state index in [0.29, 0.717) is 11.9 Å². The molecule has 0 saturated heterocycles. The first-order valence-corrected chi connectivity index (χ1v) is 8.68. The van der Waals surface area contributed by atoms with Crippen LogP contribution in [0.5, 0.6) is 5.75 Å². The van der Waals surface area contributed by atoms with E-state index in [4.69, 9.17) is 4.74 Å². The average Bonchev–Trinajstić information content (AvgIpc) is 2.68. The number of fused-ring (bicyclic) bond motifs is 1. The van der Waals surface area contributed by atoms with Crippen LogP contribution in [0.2, 0.25) is 0 Å². The van der Waals surface area contributed by atoms with Gasteiger partial charge in [-0.1, -0.05) is 30.4 Å². The fourth-order valence-corrected chi connectivity index (χ4v) is 2.78.